The number of hydrogen-bond donors (Lipinski definition) is 1. The largest absolute Gasteiger partial charge is 0.325 e. The lowest BCUT2D eigenvalue weighted by molar-refractivity contribution is -0.133. The molecule has 6 nitrogen and oxygen atoms in total. The molecule has 2 aliphatic rings. The number of piperidine rings is 1. The van der Waals surface area contributed by atoms with Gasteiger partial charge < -0.3 is 10.2 Å². The summed E-state index contributed by atoms with van der Waals surface area (Å²) >= 11 is 0. The molecule has 0 radical (unpaired) electrons. The van der Waals surface area contributed by atoms with Crippen molar-refractivity contribution < 1.29 is 9.59 Å². The van der Waals surface area contributed by atoms with Gasteiger partial charge in [0, 0.05) is 19.6 Å². The Bertz CT molecular complexity index is 435. The third kappa shape index (κ3) is 2.63. The van der Waals surface area contributed by atoms with Gasteiger partial charge in [0.2, 0.25) is 0 Å². The molecule has 0 saturated carbocycles. The number of amides is 3. The Morgan fingerprint density at radius 1 is 1.40 bits per heavy atom. The smallest absolute Gasteiger partial charge is 0.323 e. The first kappa shape index (κ1) is 14.8. The molecule has 1 N–H and O–H groups in total. The molecule has 20 heavy (non-hydrogen) atoms. The molecular formula is C14H22N4O2. The molecule has 2 rings (SSSR count). The number of rotatable bonds is 4. The molecule has 2 saturated heterocycles. The Kier molecular flexibility index (Phi) is 4.29. The van der Waals surface area contributed by atoms with Gasteiger partial charge in [0.25, 0.3) is 5.91 Å². The lowest BCUT2D eigenvalue weighted by Crippen LogP contribution is -2.55. The van der Waals surface area contributed by atoms with Crippen molar-refractivity contribution in [3.05, 3.63) is 0 Å². The second kappa shape index (κ2) is 5.80. The van der Waals surface area contributed by atoms with Crippen LogP contribution in [0.25, 0.3) is 0 Å². The van der Waals surface area contributed by atoms with Gasteiger partial charge in [-0.15, -0.1) is 0 Å². The van der Waals surface area contributed by atoms with Crippen LogP contribution < -0.4 is 5.32 Å². The lowest BCUT2D eigenvalue weighted by atomic mass is 9.87. The quantitative estimate of drug-likeness (QED) is 0.777. The molecule has 2 heterocycles. The van der Waals surface area contributed by atoms with E-state index in [4.69, 9.17) is 5.26 Å². The van der Waals surface area contributed by atoms with Crippen molar-refractivity contribution in [3.63, 3.8) is 0 Å². The highest BCUT2D eigenvalue weighted by molar-refractivity contribution is 6.07. The molecule has 1 unspecified atom stereocenters. The third-order valence-corrected chi connectivity index (χ3v) is 4.17. The minimum atomic E-state index is -0.726. The molecule has 0 bridgehead atoms. The number of nitrogens with zero attached hydrogens (tertiary/aromatic N) is 3. The molecule has 1 atom stereocenters. The Hall–Kier alpha value is -1.61. The number of urea groups is 1. The number of carbonyl (C=O) groups is 2. The fourth-order valence-electron chi connectivity index (χ4n) is 2.97. The molecule has 0 aliphatic carbocycles. The monoisotopic (exact) mass is 278 g/mol. The van der Waals surface area contributed by atoms with Crippen LogP contribution >= 0.6 is 0 Å². The Morgan fingerprint density at radius 2 is 2.05 bits per heavy atom. The van der Waals surface area contributed by atoms with Crippen LogP contribution in [0.3, 0.4) is 0 Å². The number of hydrogen-bond acceptors (Lipinski definition) is 4. The Morgan fingerprint density at radius 3 is 2.60 bits per heavy atom. The number of nitrogens with one attached hydrogen (secondary N) is 1. The van der Waals surface area contributed by atoms with Gasteiger partial charge in [-0.25, -0.2) is 4.79 Å². The predicted octanol–water partition coefficient (Wildman–Crippen LogP) is 0.942. The van der Waals surface area contributed by atoms with Gasteiger partial charge in [-0.1, -0.05) is 6.92 Å². The van der Waals surface area contributed by atoms with E-state index in [1.807, 2.05) is 0 Å². The van der Waals surface area contributed by atoms with Gasteiger partial charge in [0.05, 0.1) is 12.0 Å². The van der Waals surface area contributed by atoms with Crippen molar-refractivity contribution >= 4 is 11.9 Å². The van der Waals surface area contributed by atoms with Crippen molar-refractivity contribution in [1.82, 2.24) is 15.1 Å². The first-order valence-corrected chi connectivity index (χ1v) is 7.28. The maximum Gasteiger partial charge on any atom is 0.325 e. The van der Waals surface area contributed by atoms with E-state index in [0.29, 0.717) is 12.8 Å². The lowest BCUT2D eigenvalue weighted by Gasteiger charge is -2.37. The fraction of sp³-hybridized carbons (Fsp3) is 0.786. The van der Waals surface area contributed by atoms with E-state index in [0.717, 1.165) is 26.1 Å². The second-order valence-electron chi connectivity index (χ2n) is 5.80. The van der Waals surface area contributed by atoms with Gasteiger partial charge in [0.15, 0.2) is 0 Å². The number of nitriles is 1. The molecule has 0 aromatic heterocycles. The van der Waals surface area contributed by atoms with E-state index in [1.165, 1.54) is 4.90 Å². The summed E-state index contributed by atoms with van der Waals surface area (Å²) in [6, 6.07) is 1.72. The summed E-state index contributed by atoms with van der Waals surface area (Å²) < 4.78 is 0. The Balaban J connectivity index is 2.03. The van der Waals surface area contributed by atoms with Crippen molar-refractivity contribution in [2.75, 3.05) is 26.2 Å². The average molecular weight is 278 g/mol. The number of imide groups is 1. The first-order chi connectivity index (χ1) is 9.52. The first-order valence-electron chi connectivity index (χ1n) is 7.28. The second-order valence-corrected chi connectivity index (χ2v) is 5.80. The molecule has 1 spiro atoms. The van der Waals surface area contributed by atoms with E-state index in [9.17, 15) is 9.59 Å². The van der Waals surface area contributed by atoms with E-state index >= 15 is 0 Å². The summed E-state index contributed by atoms with van der Waals surface area (Å²) in [5.74, 6) is -0.485. The summed E-state index contributed by atoms with van der Waals surface area (Å²) in [5, 5.41) is 11.7. The van der Waals surface area contributed by atoms with E-state index in [2.05, 4.69) is 23.2 Å². The Labute approximate surface area is 119 Å². The van der Waals surface area contributed by atoms with Crippen LogP contribution in [0, 0.1) is 17.2 Å². The zero-order valence-corrected chi connectivity index (χ0v) is 12.2. The SMILES string of the molecule is CCCN1CCC2(CC1)NC(=O)N(CC(C)C#N)C2=O. The molecule has 0 aromatic rings. The van der Waals surface area contributed by atoms with Crippen LogP contribution in [0.15, 0.2) is 0 Å². The van der Waals surface area contributed by atoms with Crippen LogP contribution in [0.1, 0.15) is 33.1 Å². The number of likely N-dealkylation sites (tertiary alicyclic amines) is 1. The average Bonchev–Trinajstić information content (AvgIpc) is 2.66. The van der Waals surface area contributed by atoms with Crippen molar-refractivity contribution in [3.8, 4) is 6.07 Å². The van der Waals surface area contributed by atoms with Gasteiger partial charge in [0.1, 0.15) is 5.54 Å². The molecule has 3 amide bonds. The van der Waals surface area contributed by atoms with E-state index in [1.54, 1.807) is 6.92 Å². The van der Waals surface area contributed by atoms with E-state index < -0.39 is 5.54 Å². The minimum Gasteiger partial charge on any atom is -0.323 e. The van der Waals surface area contributed by atoms with E-state index in [-0.39, 0.29) is 24.4 Å². The van der Waals surface area contributed by atoms with Crippen molar-refractivity contribution in [1.29, 1.82) is 5.26 Å². The highest BCUT2D eigenvalue weighted by atomic mass is 16.2. The van der Waals surface area contributed by atoms with Crippen LogP contribution in [-0.2, 0) is 4.79 Å². The summed E-state index contributed by atoms with van der Waals surface area (Å²) in [6.45, 7) is 6.74. The predicted molar refractivity (Wildman–Crippen MR) is 73.7 cm³/mol. The zero-order valence-electron chi connectivity index (χ0n) is 12.2. The van der Waals surface area contributed by atoms with Crippen LogP contribution in [0.5, 0.6) is 0 Å². The van der Waals surface area contributed by atoms with Crippen LogP contribution in [-0.4, -0.2) is 53.5 Å². The highest BCUT2D eigenvalue weighted by Crippen LogP contribution is 2.29. The summed E-state index contributed by atoms with van der Waals surface area (Å²) in [5.41, 5.74) is -0.726. The topological polar surface area (TPSA) is 76.4 Å². The minimum absolute atomic E-state index is 0.152. The molecule has 110 valence electrons. The summed E-state index contributed by atoms with van der Waals surface area (Å²) in [4.78, 5) is 28.0. The number of carbonyl (C=O) groups excluding carboxylic acids is 2. The summed E-state index contributed by atoms with van der Waals surface area (Å²) in [6.07, 6.45) is 2.42. The zero-order chi connectivity index (χ0) is 14.8. The maximum absolute atomic E-state index is 12.5. The molecule has 2 aliphatic heterocycles. The van der Waals surface area contributed by atoms with Gasteiger partial charge in [-0.05, 0) is 32.7 Å². The standard InChI is InChI=1S/C14H22N4O2/c1-3-6-17-7-4-14(5-8-17)12(19)18(13(20)16-14)10-11(2)9-15/h11H,3-8,10H2,1-2H3,(H,16,20). The fourth-order valence-corrected chi connectivity index (χ4v) is 2.97. The van der Waals surface area contributed by atoms with Crippen LogP contribution in [0.4, 0.5) is 4.79 Å². The van der Waals surface area contributed by atoms with Crippen molar-refractivity contribution in [2.45, 2.75) is 38.6 Å². The molecule has 2 fully saturated rings. The molecule has 0 aromatic carbocycles. The highest BCUT2D eigenvalue weighted by Gasteiger charge is 2.52. The maximum atomic E-state index is 12.5. The van der Waals surface area contributed by atoms with Gasteiger partial charge >= 0.3 is 6.03 Å². The summed E-state index contributed by atoms with van der Waals surface area (Å²) in [7, 11) is 0. The third-order valence-electron chi connectivity index (χ3n) is 4.17. The van der Waals surface area contributed by atoms with Gasteiger partial charge in [-0.2, -0.15) is 5.26 Å². The molecule has 6 heteroatoms. The molecular weight excluding hydrogens is 256 g/mol. The van der Waals surface area contributed by atoms with Crippen molar-refractivity contribution in [2.24, 2.45) is 5.92 Å². The normalized spacial score (nSPS) is 23.8. The van der Waals surface area contributed by atoms with Crippen LogP contribution in [0.2, 0.25) is 0 Å². The van der Waals surface area contributed by atoms with Gasteiger partial charge in [-0.3, -0.25) is 9.69 Å².